The van der Waals surface area contributed by atoms with Crippen LogP contribution in [0.25, 0.3) is 0 Å². The first-order valence-electron chi connectivity index (χ1n) is 10.1. The quantitative estimate of drug-likeness (QED) is 0.608. The molecule has 4 nitrogen and oxygen atoms in total. The van der Waals surface area contributed by atoms with E-state index in [0.29, 0.717) is 24.8 Å². The Morgan fingerprint density at radius 2 is 1.70 bits per heavy atom. The molecule has 142 valence electrons. The maximum absolute atomic E-state index is 5.98. The molecule has 3 atom stereocenters. The Morgan fingerprint density at radius 1 is 1.04 bits per heavy atom. The number of ether oxygens (including phenoxy) is 1. The molecule has 0 saturated carbocycles. The van der Waals surface area contributed by atoms with Gasteiger partial charge in [-0.15, -0.1) is 0 Å². The van der Waals surface area contributed by atoms with E-state index in [4.69, 9.17) is 9.73 Å². The molecule has 4 rings (SSSR count). The van der Waals surface area contributed by atoms with Crippen LogP contribution in [-0.4, -0.2) is 37.3 Å². The minimum atomic E-state index is 0.249. The van der Waals surface area contributed by atoms with E-state index in [1.54, 1.807) is 0 Å². The normalized spacial score (nSPS) is 24.4. The number of hydrogen-bond donors (Lipinski definition) is 2. The molecule has 2 aromatic rings. The highest BCUT2D eigenvalue weighted by Gasteiger charge is 2.41. The van der Waals surface area contributed by atoms with Gasteiger partial charge < -0.3 is 15.4 Å². The van der Waals surface area contributed by atoms with Crippen molar-refractivity contribution >= 4 is 5.96 Å². The van der Waals surface area contributed by atoms with Crippen LogP contribution in [0.5, 0.6) is 0 Å². The van der Waals surface area contributed by atoms with Crippen LogP contribution in [0.15, 0.2) is 65.7 Å². The molecule has 2 bridgehead atoms. The average Bonchev–Trinajstić information content (AvgIpc) is 3.33. The van der Waals surface area contributed by atoms with E-state index < -0.39 is 0 Å². The average molecular weight is 364 g/mol. The standard InChI is InChI=1S/C23H29N3O/c1-2-24-23(26-21-15-19-13-14-22(21)27-19)25-16-20(17-9-5-3-6-10-17)18-11-7-4-8-12-18/h3-12,19-22H,2,13-16H2,1H3,(H2,24,25,26). The third kappa shape index (κ3) is 4.33. The van der Waals surface area contributed by atoms with Crippen molar-refractivity contribution in [2.75, 3.05) is 13.1 Å². The maximum atomic E-state index is 5.98. The Morgan fingerprint density at radius 3 is 2.22 bits per heavy atom. The van der Waals surface area contributed by atoms with Gasteiger partial charge in [0.25, 0.3) is 0 Å². The Kier molecular flexibility index (Phi) is 5.73. The minimum absolute atomic E-state index is 0.249. The van der Waals surface area contributed by atoms with Crippen LogP contribution in [0.3, 0.4) is 0 Å². The molecule has 0 aromatic heterocycles. The number of guanidine groups is 1. The fourth-order valence-corrected chi connectivity index (χ4v) is 4.24. The fourth-order valence-electron chi connectivity index (χ4n) is 4.24. The molecule has 2 heterocycles. The summed E-state index contributed by atoms with van der Waals surface area (Å²) in [5, 5.41) is 7.03. The summed E-state index contributed by atoms with van der Waals surface area (Å²) in [4.78, 5) is 4.95. The van der Waals surface area contributed by atoms with Crippen molar-refractivity contribution in [3.8, 4) is 0 Å². The first kappa shape index (κ1) is 18.1. The highest BCUT2D eigenvalue weighted by molar-refractivity contribution is 5.80. The van der Waals surface area contributed by atoms with E-state index in [1.165, 1.54) is 24.0 Å². The van der Waals surface area contributed by atoms with Crippen LogP contribution in [0, 0.1) is 0 Å². The van der Waals surface area contributed by atoms with Crippen molar-refractivity contribution in [3.05, 3.63) is 71.8 Å². The summed E-state index contributed by atoms with van der Waals surface area (Å²) in [6, 6.07) is 21.7. The van der Waals surface area contributed by atoms with Gasteiger partial charge in [-0.05, 0) is 37.3 Å². The summed E-state index contributed by atoms with van der Waals surface area (Å²) in [6.45, 7) is 3.68. The van der Waals surface area contributed by atoms with E-state index in [2.05, 4.69) is 78.2 Å². The lowest BCUT2D eigenvalue weighted by Gasteiger charge is -2.23. The lowest BCUT2D eigenvalue weighted by atomic mass is 9.91. The molecule has 0 radical (unpaired) electrons. The van der Waals surface area contributed by atoms with Crippen molar-refractivity contribution in [3.63, 3.8) is 0 Å². The Hall–Kier alpha value is -2.33. The summed E-state index contributed by atoms with van der Waals surface area (Å²) in [6.07, 6.45) is 4.25. The van der Waals surface area contributed by atoms with E-state index >= 15 is 0 Å². The van der Waals surface area contributed by atoms with Crippen molar-refractivity contribution in [1.82, 2.24) is 10.6 Å². The van der Waals surface area contributed by atoms with E-state index in [1.807, 2.05) is 0 Å². The second-order valence-corrected chi connectivity index (χ2v) is 7.45. The van der Waals surface area contributed by atoms with Crippen LogP contribution >= 0.6 is 0 Å². The van der Waals surface area contributed by atoms with Crippen molar-refractivity contribution < 1.29 is 4.74 Å². The van der Waals surface area contributed by atoms with Gasteiger partial charge in [0.1, 0.15) is 0 Å². The largest absolute Gasteiger partial charge is 0.373 e. The van der Waals surface area contributed by atoms with Crippen LogP contribution in [-0.2, 0) is 4.74 Å². The molecule has 2 N–H and O–H groups in total. The molecule has 2 fully saturated rings. The molecule has 0 amide bonds. The Labute approximate surface area is 162 Å². The maximum Gasteiger partial charge on any atom is 0.191 e. The predicted molar refractivity (Wildman–Crippen MR) is 110 cm³/mol. The molecule has 0 spiro atoms. The minimum Gasteiger partial charge on any atom is -0.373 e. The van der Waals surface area contributed by atoms with Gasteiger partial charge in [0.05, 0.1) is 24.8 Å². The van der Waals surface area contributed by atoms with Crippen LogP contribution in [0.1, 0.15) is 43.2 Å². The highest BCUT2D eigenvalue weighted by atomic mass is 16.5. The van der Waals surface area contributed by atoms with E-state index in [0.717, 1.165) is 18.9 Å². The lowest BCUT2D eigenvalue weighted by Crippen LogP contribution is -2.47. The topological polar surface area (TPSA) is 45.7 Å². The molecular weight excluding hydrogens is 334 g/mol. The number of nitrogens with zero attached hydrogens (tertiary/aromatic N) is 1. The van der Waals surface area contributed by atoms with Gasteiger partial charge in [-0.25, -0.2) is 0 Å². The molecule has 2 aromatic carbocycles. The lowest BCUT2D eigenvalue weighted by molar-refractivity contribution is 0.0992. The smallest absolute Gasteiger partial charge is 0.191 e. The zero-order chi connectivity index (χ0) is 18.5. The number of rotatable bonds is 6. The first-order valence-corrected chi connectivity index (χ1v) is 10.1. The summed E-state index contributed by atoms with van der Waals surface area (Å²) < 4.78 is 5.98. The van der Waals surface area contributed by atoms with Crippen LogP contribution in [0.4, 0.5) is 0 Å². The second kappa shape index (κ2) is 8.57. The highest BCUT2D eigenvalue weighted by Crippen LogP contribution is 2.34. The molecule has 4 heteroatoms. The monoisotopic (exact) mass is 363 g/mol. The number of aliphatic imine (C=N–C) groups is 1. The van der Waals surface area contributed by atoms with E-state index in [-0.39, 0.29) is 5.92 Å². The van der Waals surface area contributed by atoms with Crippen LogP contribution < -0.4 is 10.6 Å². The van der Waals surface area contributed by atoms with E-state index in [9.17, 15) is 0 Å². The number of nitrogens with one attached hydrogen (secondary N) is 2. The Balaban J connectivity index is 1.51. The van der Waals surface area contributed by atoms with Gasteiger partial charge in [0.15, 0.2) is 5.96 Å². The van der Waals surface area contributed by atoms with Crippen LogP contribution in [0.2, 0.25) is 0 Å². The molecule has 2 aliphatic rings. The molecule has 0 aliphatic carbocycles. The molecule has 2 saturated heterocycles. The summed E-state index contributed by atoms with van der Waals surface area (Å²) in [7, 11) is 0. The van der Waals surface area contributed by atoms with Crippen molar-refractivity contribution in [2.45, 2.75) is 50.4 Å². The summed E-state index contributed by atoms with van der Waals surface area (Å²) in [5.41, 5.74) is 2.60. The van der Waals surface area contributed by atoms with Gasteiger partial charge in [-0.3, -0.25) is 4.99 Å². The van der Waals surface area contributed by atoms with Gasteiger partial charge in [-0.1, -0.05) is 60.7 Å². The molecule has 2 aliphatic heterocycles. The van der Waals surface area contributed by atoms with Gasteiger partial charge in [0, 0.05) is 12.5 Å². The van der Waals surface area contributed by atoms with Gasteiger partial charge in [-0.2, -0.15) is 0 Å². The Bertz CT molecular complexity index is 707. The van der Waals surface area contributed by atoms with Gasteiger partial charge >= 0.3 is 0 Å². The fraction of sp³-hybridized carbons (Fsp3) is 0.435. The molecule has 3 unspecified atom stereocenters. The number of fused-ring (bicyclic) bond motifs is 2. The number of hydrogen-bond acceptors (Lipinski definition) is 2. The third-order valence-electron chi connectivity index (χ3n) is 5.61. The van der Waals surface area contributed by atoms with Crippen molar-refractivity contribution in [2.24, 2.45) is 4.99 Å². The predicted octanol–water partition coefficient (Wildman–Crippen LogP) is 3.69. The zero-order valence-electron chi connectivity index (χ0n) is 16.0. The zero-order valence-corrected chi connectivity index (χ0v) is 16.0. The summed E-state index contributed by atoms with van der Waals surface area (Å²) >= 11 is 0. The van der Waals surface area contributed by atoms with Gasteiger partial charge in [0.2, 0.25) is 0 Å². The molecular formula is C23H29N3O. The third-order valence-corrected chi connectivity index (χ3v) is 5.61. The van der Waals surface area contributed by atoms with Crippen molar-refractivity contribution in [1.29, 1.82) is 0 Å². The first-order chi connectivity index (χ1) is 13.3. The second-order valence-electron chi connectivity index (χ2n) is 7.45. The SMILES string of the molecule is CCNC(=NCC(c1ccccc1)c1ccccc1)NC1CC2CCC1O2. The number of benzene rings is 2. The summed E-state index contributed by atoms with van der Waals surface area (Å²) in [5.74, 6) is 1.15. The molecule has 27 heavy (non-hydrogen) atoms.